The maximum Gasteiger partial charge on any atom is 0.269 e. The lowest BCUT2D eigenvalue weighted by Gasteiger charge is -2.35. The standard InChI is InChI=1S/C22H34N4O3/c27-22(7-4-14-23-19-8-10-21(11-9-19)26(28)29)24-20-12-15-25(16-13-20)17-18-5-2-1-3-6-18/h8-11,18,20,23H,1-7,12-17H2,(H,24,27). The van der Waals surface area contributed by atoms with E-state index in [4.69, 9.17) is 0 Å². The van der Waals surface area contributed by atoms with Gasteiger partial charge in [-0.15, -0.1) is 0 Å². The summed E-state index contributed by atoms with van der Waals surface area (Å²) in [4.78, 5) is 25.1. The molecule has 0 spiro atoms. The Morgan fingerprint density at radius 1 is 1.07 bits per heavy atom. The highest BCUT2D eigenvalue weighted by molar-refractivity contribution is 5.76. The van der Waals surface area contributed by atoms with E-state index < -0.39 is 4.92 Å². The van der Waals surface area contributed by atoms with E-state index in [-0.39, 0.29) is 11.6 Å². The number of carbonyl (C=O) groups is 1. The van der Waals surface area contributed by atoms with Crippen LogP contribution in [-0.2, 0) is 4.79 Å². The minimum Gasteiger partial charge on any atom is -0.385 e. The van der Waals surface area contributed by atoms with Crippen molar-refractivity contribution in [1.82, 2.24) is 10.2 Å². The molecule has 0 bridgehead atoms. The van der Waals surface area contributed by atoms with E-state index in [0.717, 1.165) is 44.0 Å². The lowest BCUT2D eigenvalue weighted by molar-refractivity contribution is -0.384. The van der Waals surface area contributed by atoms with Crippen molar-refractivity contribution in [2.24, 2.45) is 5.92 Å². The zero-order chi connectivity index (χ0) is 20.5. The van der Waals surface area contributed by atoms with E-state index in [2.05, 4.69) is 15.5 Å². The molecule has 1 saturated carbocycles. The monoisotopic (exact) mass is 402 g/mol. The van der Waals surface area contributed by atoms with Gasteiger partial charge in [-0.3, -0.25) is 14.9 Å². The fraction of sp³-hybridized carbons (Fsp3) is 0.682. The fourth-order valence-electron chi connectivity index (χ4n) is 4.48. The third-order valence-electron chi connectivity index (χ3n) is 6.18. The van der Waals surface area contributed by atoms with Gasteiger partial charge in [0, 0.05) is 56.5 Å². The van der Waals surface area contributed by atoms with Crippen LogP contribution in [0.15, 0.2) is 24.3 Å². The Hall–Kier alpha value is -2.15. The average molecular weight is 403 g/mol. The van der Waals surface area contributed by atoms with E-state index >= 15 is 0 Å². The molecule has 7 nitrogen and oxygen atoms in total. The molecule has 3 rings (SSSR count). The van der Waals surface area contributed by atoms with Crippen molar-refractivity contribution in [2.45, 2.75) is 63.8 Å². The number of nitrogens with zero attached hydrogens (tertiary/aromatic N) is 2. The van der Waals surface area contributed by atoms with Gasteiger partial charge in [0.2, 0.25) is 5.91 Å². The number of anilines is 1. The van der Waals surface area contributed by atoms with E-state index in [1.165, 1.54) is 50.8 Å². The van der Waals surface area contributed by atoms with Crippen LogP contribution in [0.1, 0.15) is 57.8 Å². The number of hydrogen-bond acceptors (Lipinski definition) is 5. The van der Waals surface area contributed by atoms with Gasteiger partial charge in [0.15, 0.2) is 0 Å². The number of nitrogens with one attached hydrogen (secondary N) is 2. The van der Waals surface area contributed by atoms with Crippen LogP contribution in [0, 0.1) is 16.0 Å². The molecule has 7 heteroatoms. The van der Waals surface area contributed by atoms with Gasteiger partial charge in [0.1, 0.15) is 0 Å². The number of benzene rings is 1. The summed E-state index contributed by atoms with van der Waals surface area (Å²) >= 11 is 0. The molecule has 0 atom stereocenters. The summed E-state index contributed by atoms with van der Waals surface area (Å²) in [5.41, 5.74) is 0.918. The highest BCUT2D eigenvalue weighted by atomic mass is 16.6. The number of non-ortho nitro benzene ring substituents is 1. The largest absolute Gasteiger partial charge is 0.385 e. The first-order valence-corrected chi connectivity index (χ1v) is 11.1. The second-order valence-electron chi connectivity index (χ2n) is 8.48. The van der Waals surface area contributed by atoms with Crippen molar-refractivity contribution < 1.29 is 9.72 Å². The van der Waals surface area contributed by atoms with E-state index in [9.17, 15) is 14.9 Å². The predicted octanol–water partition coefficient (Wildman–Crippen LogP) is 3.95. The molecule has 0 aromatic heterocycles. The quantitative estimate of drug-likeness (QED) is 0.371. The summed E-state index contributed by atoms with van der Waals surface area (Å²) in [5.74, 6) is 1.01. The molecule has 1 aromatic carbocycles. The minimum absolute atomic E-state index is 0.0831. The van der Waals surface area contributed by atoms with Crippen LogP contribution in [0.2, 0.25) is 0 Å². The molecule has 1 heterocycles. The lowest BCUT2D eigenvalue weighted by atomic mass is 9.88. The number of nitro benzene ring substituents is 1. The Morgan fingerprint density at radius 3 is 2.41 bits per heavy atom. The smallest absolute Gasteiger partial charge is 0.269 e. The molecule has 1 amide bonds. The van der Waals surface area contributed by atoms with Crippen LogP contribution in [0.5, 0.6) is 0 Å². The number of amides is 1. The van der Waals surface area contributed by atoms with Crippen molar-refractivity contribution in [2.75, 3.05) is 31.5 Å². The molecule has 2 fully saturated rings. The third-order valence-corrected chi connectivity index (χ3v) is 6.18. The second kappa shape index (κ2) is 11.1. The van der Waals surface area contributed by atoms with Crippen LogP contribution >= 0.6 is 0 Å². The molecule has 1 aromatic rings. The van der Waals surface area contributed by atoms with Crippen LogP contribution in [0.25, 0.3) is 0 Å². The predicted molar refractivity (Wildman–Crippen MR) is 115 cm³/mol. The summed E-state index contributed by atoms with van der Waals surface area (Å²) in [6.07, 6.45) is 10.3. The van der Waals surface area contributed by atoms with Crippen LogP contribution < -0.4 is 10.6 Å². The molecule has 29 heavy (non-hydrogen) atoms. The molecule has 1 saturated heterocycles. The molecule has 160 valence electrons. The number of likely N-dealkylation sites (tertiary alicyclic amines) is 1. The van der Waals surface area contributed by atoms with E-state index in [0.29, 0.717) is 19.0 Å². The number of piperidine rings is 1. The number of nitro groups is 1. The van der Waals surface area contributed by atoms with Crippen molar-refractivity contribution in [3.63, 3.8) is 0 Å². The Balaban J connectivity index is 1.26. The van der Waals surface area contributed by atoms with Gasteiger partial charge in [-0.1, -0.05) is 19.3 Å². The van der Waals surface area contributed by atoms with E-state index in [1.807, 2.05) is 0 Å². The minimum atomic E-state index is -0.408. The van der Waals surface area contributed by atoms with Gasteiger partial charge >= 0.3 is 0 Å². The topological polar surface area (TPSA) is 87.5 Å². The maximum absolute atomic E-state index is 12.2. The Bertz CT molecular complexity index is 651. The van der Waals surface area contributed by atoms with Gasteiger partial charge in [-0.25, -0.2) is 0 Å². The average Bonchev–Trinajstić information content (AvgIpc) is 2.74. The first kappa shape index (κ1) is 21.6. The SMILES string of the molecule is O=C(CCCNc1ccc([N+](=O)[O-])cc1)NC1CCN(CC2CCCCC2)CC1. The third kappa shape index (κ3) is 7.31. The van der Waals surface area contributed by atoms with Crippen molar-refractivity contribution in [1.29, 1.82) is 0 Å². The molecule has 0 unspecified atom stereocenters. The molecular formula is C22H34N4O3. The highest BCUT2D eigenvalue weighted by Gasteiger charge is 2.23. The van der Waals surface area contributed by atoms with Gasteiger partial charge < -0.3 is 15.5 Å². The van der Waals surface area contributed by atoms with Crippen molar-refractivity contribution in [3.8, 4) is 0 Å². The Kier molecular flexibility index (Phi) is 8.28. The van der Waals surface area contributed by atoms with Gasteiger partial charge in [0.25, 0.3) is 5.69 Å². The van der Waals surface area contributed by atoms with Gasteiger partial charge in [-0.2, -0.15) is 0 Å². The van der Waals surface area contributed by atoms with Crippen LogP contribution in [0.3, 0.4) is 0 Å². The molecule has 0 radical (unpaired) electrons. The van der Waals surface area contributed by atoms with Crippen LogP contribution in [0.4, 0.5) is 11.4 Å². The number of rotatable bonds is 9. The number of hydrogen-bond donors (Lipinski definition) is 2. The summed E-state index contributed by atoms with van der Waals surface area (Å²) < 4.78 is 0. The molecule has 2 aliphatic rings. The summed E-state index contributed by atoms with van der Waals surface area (Å²) in [6.45, 7) is 4.12. The Labute approximate surface area is 173 Å². The zero-order valence-corrected chi connectivity index (χ0v) is 17.3. The summed E-state index contributed by atoms with van der Waals surface area (Å²) in [6, 6.07) is 6.66. The zero-order valence-electron chi connectivity index (χ0n) is 17.3. The van der Waals surface area contributed by atoms with Gasteiger partial charge in [0.05, 0.1) is 4.92 Å². The summed E-state index contributed by atoms with van der Waals surface area (Å²) in [7, 11) is 0. The highest BCUT2D eigenvalue weighted by Crippen LogP contribution is 2.25. The van der Waals surface area contributed by atoms with Gasteiger partial charge in [-0.05, 0) is 50.2 Å². The fourth-order valence-corrected chi connectivity index (χ4v) is 4.48. The first-order valence-electron chi connectivity index (χ1n) is 11.1. The lowest BCUT2D eigenvalue weighted by Crippen LogP contribution is -2.45. The van der Waals surface area contributed by atoms with Crippen molar-refractivity contribution >= 4 is 17.3 Å². The van der Waals surface area contributed by atoms with Crippen molar-refractivity contribution in [3.05, 3.63) is 34.4 Å². The van der Waals surface area contributed by atoms with Crippen LogP contribution in [-0.4, -0.2) is 48.0 Å². The Morgan fingerprint density at radius 2 is 1.76 bits per heavy atom. The molecule has 1 aliphatic heterocycles. The maximum atomic E-state index is 12.2. The number of carbonyl (C=O) groups excluding carboxylic acids is 1. The first-order chi connectivity index (χ1) is 14.1. The molecular weight excluding hydrogens is 368 g/mol. The normalized spacial score (nSPS) is 19.0. The molecule has 1 aliphatic carbocycles. The summed E-state index contributed by atoms with van der Waals surface area (Å²) in [5, 5.41) is 17.1. The molecule has 2 N–H and O–H groups in total. The second-order valence-corrected chi connectivity index (χ2v) is 8.48. The van der Waals surface area contributed by atoms with E-state index in [1.54, 1.807) is 12.1 Å².